The van der Waals surface area contributed by atoms with Gasteiger partial charge >= 0.3 is 24.1 Å². The standard InChI is InChI=1S/C30H42N2O9/c1-8-21-23(25(33)37-18-16-31-27(35)40-29(2,3)4)24(22(39-21)15-14-20-12-10-9-11-13-20)26(34)38-19-17-32-28(36)41-30(5,6)7/h8-15,21-24H,1,16-19H2,2-7H3,(H,31,35)(H,32,36)/t21-,22+,23-,24+/m0/s1. The molecule has 0 unspecified atom stereocenters. The summed E-state index contributed by atoms with van der Waals surface area (Å²) >= 11 is 0. The second-order valence-corrected chi connectivity index (χ2v) is 11.3. The summed E-state index contributed by atoms with van der Waals surface area (Å²) in [6.07, 6.45) is 1.97. The van der Waals surface area contributed by atoms with Gasteiger partial charge in [0.05, 0.1) is 25.3 Å². The van der Waals surface area contributed by atoms with Gasteiger partial charge in [-0.3, -0.25) is 9.59 Å². The van der Waals surface area contributed by atoms with E-state index in [2.05, 4.69) is 17.2 Å². The van der Waals surface area contributed by atoms with Crippen LogP contribution in [0.15, 0.2) is 49.1 Å². The van der Waals surface area contributed by atoms with E-state index in [0.29, 0.717) is 0 Å². The van der Waals surface area contributed by atoms with Crippen molar-refractivity contribution in [3.63, 3.8) is 0 Å². The molecule has 11 nitrogen and oxygen atoms in total. The average Bonchev–Trinajstić information content (AvgIpc) is 3.25. The summed E-state index contributed by atoms with van der Waals surface area (Å²) in [6.45, 7) is 13.9. The molecule has 1 aliphatic rings. The smallest absolute Gasteiger partial charge is 0.407 e. The third-order valence-corrected chi connectivity index (χ3v) is 5.49. The van der Waals surface area contributed by atoms with Crippen LogP contribution in [-0.2, 0) is 33.3 Å². The quantitative estimate of drug-likeness (QED) is 0.174. The van der Waals surface area contributed by atoms with Gasteiger partial charge in [-0.25, -0.2) is 9.59 Å². The molecule has 2 amide bonds. The largest absolute Gasteiger partial charge is 0.463 e. The van der Waals surface area contributed by atoms with E-state index in [9.17, 15) is 19.2 Å². The number of hydrogen-bond acceptors (Lipinski definition) is 9. The minimum Gasteiger partial charge on any atom is -0.463 e. The number of esters is 2. The lowest BCUT2D eigenvalue weighted by Gasteiger charge is -2.21. The predicted molar refractivity (Wildman–Crippen MR) is 152 cm³/mol. The van der Waals surface area contributed by atoms with Gasteiger partial charge in [-0.05, 0) is 47.1 Å². The molecule has 2 N–H and O–H groups in total. The van der Waals surface area contributed by atoms with Crippen molar-refractivity contribution in [2.24, 2.45) is 11.8 Å². The first kappa shape index (κ1) is 33.3. The lowest BCUT2D eigenvalue weighted by Crippen LogP contribution is -2.39. The lowest BCUT2D eigenvalue weighted by molar-refractivity contribution is -0.159. The van der Waals surface area contributed by atoms with Crippen molar-refractivity contribution in [1.82, 2.24) is 10.6 Å². The van der Waals surface area contributed by atoms with E-state index in [0.717, 1.165) is 5.56 Å². The summed E-state index contributed by atoms with van der Waals surface area (Å²) in [5, 5.41) is 5.03. The van der Waals surface area contributed by atoms with Crippen molar-refractivity contribution in [3.8, 4) is 0 Å². The Morgan fingerprint density at radius 3 is 1.71 bits per heavy atom. The van der Waals surface area contributed by atoms with Gasteiger partial charge in [0.2, 0.25) is 0 Å². The van der Waals surface area contributed by atoms with Crippen molar-refractivity contribution in [3.05, 3.63) is 54.6 Å². The molecule has 0 saturated carbocycles. The van der Waals surface area contributed by atoms with Gasteiger partial charge in [0, 0.05) is 0 Å². The Hall–Kier alpha value is -3.86. The van der Waals surface area contributed by atoms with E-state index in [1.165, 1.54) is 6.08 Å². The number of alkyl carbamates (subject to hydrolysis) is 2. The normalized spacial score (nSPS) is 20.6. The summed E-state index contributed by atoms with van der Waals surface area (Å²) in [4.78, 5) is 50.2. The Labute approximate surface area is 241 Å². The predicted octanol–water partition coefficient (Wildman–Crippen LogP) is 4.02. The van der Waals surface area contributed by atoms with Gasteiger partial charge < -0.3 is 34.3 Å². The van der Waals surface area contributed by atoms with E-state index >= 15 is 0 Å². The van der Waals surface area contributed by atoms with Gasteiger partial charge in [-0.1, -0.05) is 48.6 Å². The Morgan fingerprint density at radius 2 is 1.27 bits per heavy atom. The summed E-state index contributed by atoms with van der Waals surface area (Å²) in [5.74, 6) is -3.50. The number of benzene rings is 1. The van der Waals surface area contributed by atoms with Crippen LogP contribution in [0.1, 0.15) is 47.1 Å². The molecule has 226 valence electrons. The molecule has 1 aromatic rings. The SMILES string of the molecule is C=C[C@@H]1O[C@H](C=Cc2ccccc2)[C@@H](C(=O)OCCNC(=O)OC(C)(C)C)[C@H]1C(=O)OCCNC(=O)OC(C)(C)C. The fourth-order valence-electron chi connectivity index (χ4n) is 3.89. The van der Waals surface area contributed by atoms with E-state index in [4.69, 9.17) is 23.7 Å². The van der Waals surface area contributed by atoms with Crippen molar-refractivity contribution in [2.75, 3.05) is 26.3 Å². The number of amides is 2. The van der Waals surface area contributed by atoms with Crippen LogP contribution in [0.2, 0.25) is 0 Å². The lowest BCUT2D eigenvalue weighted by atomic mass is 9.86. The molecule has 0 bridgehead atoms. The molecule has 1 saturated heterocycles. The number of carbonyl (C=O) groups excluding carboxylic acids is 4. The van der Waals surface area contributed by atoms with Gasteiger partial charge in [0.1, 0.15) is 36.3 Å². The zero-order valence-electron chi connectivity index (χ0n) is 24.6. The first-order valence-electron chi connectivity index (χ1n) is 13.5. The van der Waals surface area contributed by atoms with E-state index in [1.807, 2.05) is 30.3 Å². The highest BCUT2D eigenvalue weighted by Crippen LogP contribution is 2.36. The van der Waals surface area contributed by atoms with Crippen LogP contribution in [0.25, 0.3) is 6.08 Å². The van der Waals surface area contributed by atoms with E-state index in [1.54, 1.807) is 53.7 Å². The topological polar surface area (TPSA) is 138 Å². The van der Waals surface area contributed by atoms with Crippen LogP contribution in [0.4, 0.5) is 9.59 Å². The highest BCUT2D eigenvalue weighted by molar-refractivity contribution is 5.84. The minimum absolute atomic E-state index is 0.00901. The third kappa shape index (κ3) is 12.0. The van der Waals surface area contributed by atoms with E-state index < -0.39 is 59.4 Å². The number of rotatable bonds is 11. The molecular weight excluding hydrogens is 532 g/mol. The molecule has 1 aliphatic heterocycles. The Morgan fingerprint density at radius 1 is 0.805 bits per heavy atom. The molecule has 41 heavy (non-hydrogen) atoms. The molecule has 2 rings (SSSR count). The second kappa shape index (κ2) is 15.2. The maximum absolute atomic E-state index is 13.3. The maximum atomic E-state index is 13.3. The van der Waals surface area contributed by atoms with Crippen LogP contribution in [-0.4, -0.2) is 73.8 Å². The molecule has 1 heterocycles. The molecule has 4 atom stereocenters. The summed E-state index contributed by atoms with van der Waals surface area (Å²) < 4.78 is 27.2. The fourth-order valence-corrected chi connectivity index (χ4v) is 3.89. The zero-order chi connectivity index (χ0) is 30.6. The number of hydrogen-bond donors (Lipinski definition) is 2. The molecule has 0 spiro atoms. The molecule has 1 fully saturated rings. The molecule has 1 aromatic carbocycles. The molecule has 0 radical (unpaired) electrons. The molecule has 11 heteroatoms. The Kier molecular flexibility index (Phi) is 12.4. The molecule has 0 aliphatic carbocycles. The van der Waals surface area contributed by atoms with Gasteiger partial charge in [0.25, 0.3) is 0 Å². The van der Waals surface area contributed by atoms with Crippen LogP contribution < -0.4 is 10.6 Å². The minimum atomic E-state index is -1.05. The van der Waals surface area contributed by atoms with Crippen molar-refractivity contribution < 1.29 is 42.9 Å². The average molecular weight is 575 g/mol. The summed E-state index contributed by atoms with van der Waals surface area (Å²) in [5.41, 5.74) is -0.466. The number of ether oxygens (including phenoxy) is 5. The van der Waals surface area contributed by atoms with Crippen LogP contribution in [0.5, 0.6) is 0 Å². The second-order valence-electron chi connectivity index (χ2n) is 11.3. The van der Waals surface area contributed by atoms with Crippen molar-refractivity contribution in [1.29, 1.82) is 0 Å². The monoisotopic (exact) mass is 574 g/mol. The zero-order valence-corrected chi connectivity index (χ0v) is 24.6. The first-order valence-corrected chi connectivity index (χ1v) is 13.5. The highest BCUT2D eigenvalue weighted by atomic mass is 16.6. The third-order valence-electron chi connectivity index (χ3n) is 5.49. The maximum Gasteiger partial charge on any atom is 0.407 e. The summed E-state index contributed by atoms with van der Waals surface area (Å²) in [6, 6.07) is 9.39. The Bertz CT molecular complexity index is 1070. The summed E-state index contributed by atoms with van der Waals surface area (Å²) in [7, 11) is 0. The highest BCUT2D eigenvalue weighted by Gasteiger charge is 2.51. The van der Waals surface area contributed by atoms with Crippen LogP contribution >= 0.6 is 0 Å². The van der Waals surface area contributed by atoms with Gasteiger partial charge in [-0.2, -0.15) is 0 Å². The first-order chi connectivity index (χ1) is 19.2. The molecular formula is C30H42N2O9. The van der Waals surface area contributed by atoms with Crippen molar-refractivity contribution >= 4 is 30.2 Å². The van der Waals surface area contributed by atoms with Crippen LogP contribution in [0.3, 0.4) is 0 Å². The van der Waals surface area contributed by atoms with Crippen molar-refractivity contribution in [2.45, 2.75) is 65.0 Å². The number of carbonyl (C=O) groups is 4. The van der Waals surface area contributed by atoms with Crippen LogP contribution in [0, 0.1) is 11.8 Å². The fraction of sp³-hybridized carbons (Fsp3) is 0.533. The van der Waals surface area contributed by atoms with Gasteiger partial charge in [0.15, 0.2) is 0 Å². The van der Waals surface area contributed by atoms with E-state index in [-0.39, 0.29) is 26.3 Å². The molecule has 0 aromatic heterocycles. The number of nitrogens with one attached hydrogen (secondary N) is 2. The Balaban J connectivity index is 2.09. The van der Waals surface area contributed by atoms with Gasteiger partial charge in [-0.15, -0.1) is 6.58 Å².